The highest BCUT2D eigenvalue weighted by atomic mass is 17.0. The van der Waals surface area contributed by atoms with Crippen LogP contribution in [-0.4, -0.2) is 85.1 Å². The molecule has 1 unspecified atom stereocenters. The Bertz CT molecular complexity index is 668. The van der Waals surface area contributed by atoms with Gasteiger partial charge in [0.15, 0.2) is 6.10 Å². The van der Waals surface area contributed by atoms with E-state index >= 15 is 0 Å². The summed E-state index contributed by atoms with van der Waals surface area (Å²) in [6.07, 6.45) is -0.395. The van der Waals surface area contributed by atoms with Crippen molar-refractivity contribution in [1.82, 2.24) is 4.90 Å². The molecule has 3 heterocycles. The molecule has 29 heavy (non-hydrogen) atoms. The highest BCUT2D eigenvalue weighted by molar-refractivity contribution is 5.20. The smallest absolute Gasteiger partial charge is 0.294 e. The van der Waals surface area contributed by atoms with Crippen LogP contribution in [0.15, 0.2) is 30.3 Å². The van der Waals surface area contributed by atoms with Crippen LogP contribution in [0.4, 0.5) is 0 Å². The molecule has 3 aliphatic rings. The lowest BCUT2D eigenvalue weighted by molar-refractivity contribution is -0.769. The second kappa shape index (κ2) is 9.36. The largest absolute Gasteiger partial charge is 0.389 e. The molecule has 0 amide bonds. The van der Waals surface area contributed by atoms with Crippen LogP contribution >= 0.6 is 0 Å². The number of aliphatic hydroxyl groups is 1. The van der Waals surface area contributed by atoms with Crippen LogP contribution in [0.2, 0.25) is 0 Å². The third kappa shape index (κ3) is 5.04. The maximum Gasteiger partial charge on any atom is 0.294 e. The van der Waals surface area contributed by atoms with Gasteiger partial charge in [-0.05, 0) is 37.4 Å². The molecule has 1 aromatic rings. The molecule has 3 aliphatic heterocycles. The van der Waals surface area contributed by atoms with Crippen molar-refractivity contribution in [2.45, 2.75) is 49.3 Å². The Hall–Kier alpha value is -1.78. The van der Waals surface area contributed by atoms with E-state index in [1.165, 1.54) is 5.56 Å². The lowest BCUT2D eigenvalue weighted by Gasteiger charge is -2.33. The van der Waals surface area contributed by atoms with Crippen molar-refractivity contribution < 1.29 is 29.2 Å². The number of fused-ring (bicyclic) bond motifs is 1. The first-order valence-corrected chi connectivity index (χ1v) is 10.2. The molecule has 160 valence electrons. The fourth-order valence-corrected chi connectivity index (χ4v) is 4.53. The molecule has 1 N–H and O–H groups in total. The Labute approximate surface area is 169 Å². The number of hydrogen-bond acceptors (Lipinski definition) is 8. The molecule has 5 atom stereocenters. The highest BCUT2D eigenvalue weighted by Crippen LogP contribution is 2.31. The zero-order valence-electron chi connectivity index (χ0n) is 16.3. The number of hydrogen-bond donors (Lipinski definition) is 1. The predicted molar refractivity (Wildman–Crippen MR) is 102 cm³/mol. The Balaban J connectivity index is 1.17. The minimum Gasteiger partial charge on any atom is -0.389 e. The molecule has 0 saturated carbocycles. The van der Waals surface area contributed by atoms with Crippen LogP contribution in [-0.2, 0) is 19.0 Å². The van der Waals surface area contributed by atoms with E-state index in [2.05, 4.69) is 34.0 Å². The fourth-order valence-electron chi connectivity index (χ4n) is 4.53. The van der Waals surface area contributed by atoms with E-state index < -0.39 is 29.5 Å². The van der Waals surface area contributed by atoms with Crippen molar-refractivity contribution in [1.29, 1.82) is 0 Å². The molecule has 0 aromatic heterocycles. The van der Waals surface area contributed by atoms with Crippen LogP contribution in [0, 0.1) is 10.1 Å². The van der Waals surface area contributed by atoms with E-state index in [1.807, 2.05) is 6.07 Å². The van der Waals surface area contributed by atoms with Crippen molar-refractivity contribution in [2.75, 3.05) is 39.5 Å². The first-order valence-electron chi connectivity index (χ1n) is 10.2. The van der Waals surface area contributed by atoms with Crippen molar-refractivity contribution in [3.05, 3.63) is 46.0 Å². The Kier molecular flexibility index (Phi) is 6.61. The number of rotatable bonds is 8. The SMILES string of the molecule is O=[N+]([O-])O[C@@H]1CO[C@H]2[C@@H]1OC[C@@H]2OCC(O)CN1CCC(c2ccccc2)CC1. The third-order valence-electron chi connectivity index (χ3n) is 6.01. The molecule has 9 heteroatoms. The lowest BCUT2D eigenvalue weighted by atomic mass is 9.89. The summed E-state index contributed by atoms with van der Waals surface area (Å²) in [4.78, 5) is 17.4. The molecule has 0 spiro atoms. The van der Waals surface area contributed by atoms with E-state index in [4.69, 9.17) is 14.2 Å². The lowest BCUT2D eigenvalue weighted by Crippen LogP contribution is -2.41. The summed E-state index contributed by atoms with van der Waals surface area (Å²) < 4.78 is 16.9. The quantitative estimate of drug-likeness (QED) is 0.502. The molecule has 1 aromatic carbocycles. The fraction of sp³-hybridized carbons (Fsp3) is 0.700. The van der Waals surface area contributed by atoms with Crippen molar-refractivity contribution >= 4 is 0 Å². The van der Waals surface area contributed by atoms with Gasteiger partial charge in [-0.2, -0.15) is 0 Å². The zero-order chi connectivity index (χ0) is 20.2. The van der Waals surface area contributed by atoms with Gasteiger partial charge in [0.2, 0.25) is 0 Å². The minimum absolute atomic E-state index is 0.106. The van der Waals surface area contributed by atoms with E-state index in [0.29, 0.717) is 12.5 Å². The van der Waals surface area contributed by atoms with Gasteiger partial charge in [0.1, 0.15) is 18.3 Å². The van der Waals surface area contributed by atoms with Crippen molar-refractivity contribution in [3.63, 3.8) is 0 Å². The van der Waals surface area contributed by atoms with Crippen molar-refractivity contribution in [2.24, 2.45) is 0 Å². The average Bonchev–Trinajstić information content (AvgIpc) is 3.30. The average molecular weight is 408 g/mol. The highest BCUT2D eigenvalue weighted by Gasteiger charge is 2.50. The number of benzene rings is 1. The Morgan fingerprint density at radius 1 is 1.14 bits per heavy atom. The molecule has 3 saturated heterocycles. The molecule has 0 aliphatic carbocycles. The molecule has 0 bridgehead atoms. The standard InChI is InChI=1S/C20H28N2O7/c23-16(10-21-8-6-15(7-9-21)14-4-2-1-3-5-14)11-26-17-12-27-20-18(29-22(24)25)13-28-19(17)20/h1-5,15-20,23H,6-13H2/t16?,17-,18+,19+,20+/m0/s1. The van der Waals surface area contributed by atoms with E-state index in [9.17, 15) is 15.2 Å². The maximum absolute atomic E-state index is 10.5. The summed E-state index contributed by atoms with van der Waals surface area (Å²) in [5.41, 5.74) is 1.39. The van der Waals surface area contributed by atoms with E-state index in [-0.39, 0.29) is 25.9 Å². The van der Waals surface area contributed by atoms with Gasteiger partial charge in [-0.15, -0.1) is 10.1 Å². The van der Waals surface area contributed by atoms with Gasteiger partial charge in [0.05, 0.1) is 25.9 Å². The van der Waals surface area contributed by atoms with Gasteiger partial charge in [-0.25, -0.2) is 0 Å². The molecular weight excluding hydrogens is 380 g/mol. The summed E-state index contributed by atoms with van der Waals surface area (Å²) in [6, 6.07) is 10.6. The van der Waals surface area contributed by atoms with Crippen LogP contribution in [0.1, 0.15) is 24.3 Å². The second-order valence-corrected chi connectivity index (χ2v) is 7.97. The van der Waals surface area contributed by atoms with Gasteiger partial charge in [-0.3, -0.25) is 0 Å². The predicted octanol–water partition coefficient (Wildman–Crippen LogP) is 0.987. The Morgan fingerprint density at radius 2 is 1.79 bits per heavy atom. The van der Waals surface area contributed by atoms with E-state index in [1.54, 1.807) is 0 Å². The molecular formula is C20H28N2O7. The first-order chi connectivity index (χ1) is 14.1. The van der Waals surface area contributed by atoms with Crippen LogP contribution < -0.4 is 0 Å². The minimum atomic E-state index is -0.821. The normalized spacial score (nSPS) is 31.5. The number of piperidine rings is 1. The van der Waals surface area contributed by atoms with E-state index in [0.717, 1.165) is 25.9 Å². The van der Waals surface area contributed by atoms with Gasteiger partial charge in [-0.1, -0.05) is 30.3 Å². The van der Waals surface area contributed by atoms with Crippen LogP contribution in [0.3, 0.4) is 0 Å². The Morgan fingerprint density at radius 3 is 2.48 bits per heavy atom. The van der Waals surface area contributed by atoms with Crippen LogP contribution in [0.25, 0.3) is 0 Å². The number of aliphatic hydroxyl groups excluding tert-OH is 1. The monoisotopic (exact) mass is 408 g/mol. The number of likely N-dealkylation sites (tertiary alicyclic amines) is 1. The topological polar surface area (TPSA) is 104 Å². The summed E-state index contributed by atoms with van der Waals surface area (Å²) in [7, 11) is 0. The molecule has 4 rings (SSSR count). The number of β-amino-alcohol motifs (C(OH)–C–C–N with tert-alkyl or cyclic N) is 1. The summed E-state index contributed by atoms with van der Waals surface area (Å²) >= 11 is 0. The summed E-state index contributed by atoms with van der Waals surface area (Å²) in [5, 5.41) is 20.1. The van der Waals surface area contributed by atoms with Gasteiger partial charge in [0.25, 0.3) is 5.09 Å². The summed E-state index contributed by atoms with van der Waals surface area (Å²) in [6.45, 7) is 3.04. The first kappa shape index (κ1) is 20.5. The number of ether oxygens (including phenoxy) is 3. The maximum atomic E-state index is 10.5. The van der Waals surface area contributed by atoms with Crippen LogP contribution in [0.5, 0.6) is 0 Å². The molecule has 3 fully saturated rings. The van der Waals surface area contributed by atoms with Gasteiger partial charge >= 0.3 is 0 Å². The van der Waals surface area contributed by atoms with Gasteiger partial charge in [0, 0.05) is 6.54 Å². The zero-order valence-corrected chi connectivity index (χ0v) is 16.3. The van der Waals surface area contributed by atoms with Gasteiger partial charge < -0.3 is 29.1 Å². The van der Waals surface area contributed by atoms with Crippen molar-refractivity contribution in [3.8, 4) is 0 Å². The molecule has 9 nitrogen and oxygen atoms in total. The second-order valence-electron chi connectivity index (χ2n) is 7.97. The number of nitrogens with zero attached hydrogens (tertiary/aromatic N) is 2. The molecule has 0 radical (unpaired) electrons. The third-order valence-corrected chi connectivity index (χ3v) is 6.01. The summed E-state index contributed by atoms with van der Waals surface area (Å²) in [5.74, 6) is 0.585.